The molecule has 18 heavy (non-hydrogen) atoms. The lowest BCUT2D eigenvalue weighted by Crippen LogP contribution is -2.59. The number of rotatable bonds is 2. The van der Waals surface area contributed by atoms with Crippen molar-refractivity contribution in [3.63, 3.8) is 0 Å². The second kappa shape index (κ2) is 4.86. The van der Waals surface area contributed by atoms with Gasteiger partial charge in [0.25, 0.3) is 0 Å². The monoisotopic (exact) mass is 246 g/mol. The van der Waals surface area contributed by atoms with Crippen molar-refractivity contribution in [2.24, 2.45) is 5.73 Å². The van der Waals surface area contributed by atoms with Gasteiger partial charge in [0, 0.05) is 37.6 Å². The first kappa shape index (κ1) is 11.9. The van der Waals surface area contributed by atoms with E-state index in [9.17, 15) is 0 Å². The Balaban J connectivity index is 1.57. The van der Waals surface area contributed by atoms with E-state index in [-0.39, 0.29) is 0 Å². The van der Waals surface area contributed by atoms with Gasteiger partial charge in [0.1, 0.15) is 0 Å². The Labute approximate surface area is 108 Å². The van der Waals surface area contributed by atoms with Crippen LogP contribution in [0.25, 0.3) is 0 Å². The van der Waals surface area contributed by atoms with Gasteiger partial charge in [-0.25, -0.2) is 0 Å². The molecule has 0 aromatic carbocycles. The minimum Gasteiger partial charge on any atom is -0.397 e. The van der Waals surface area contributed by atoms with Crippen LogP contribution in [-0.2, 0) is 0 Å². The lowest BCUT2D eigenvalue weighted by atomic mass is 9.81. The van der Waals surface area contributed by atoms with Crippen molar-refractivity contribution >= 4 is 5.69 Å². The predicted octanol–water partition coefficient (Wildman–Crippen LogP) is 1.33. The summed E-state index contributed by atoms with van der Waals surface area (Å²) in [7, 11) is 0. The molecule has 98 valence electrons. The maximum Gasteiger partial charge on any atom is 0.0503 e. The van der Waals surface area contributed by atoms with Crippen LogP contribution in [0.3, 0.4) is 0 Å². The van der Waals surface area contributed by atoms with Gasteiger partial charge in [0.05, 0.1) is 5.69 Å². The molecule has 1 aromatic heterocycles. The molecule has 1 saturated heterocycles. The largest absolute Gasteiger partial charge is 0.397 e. The van der Waals surface area contributed by atoms with Crippen molar-refractivity contribution in [3.8, 4) is 0 Å². The molecule has 0 spiro atoms. The Kier molecular flexibility index (Phi) is 3.22. The summed E-state index contributed by atoms with van der Waals surface area (Å²) in [6.45, 7) is 2.18. The van der Waals surface area contributed by atoms with E-state index in [1.807, 2.05) is 6.20 Å². The molecule has 4 nitrogen and oxygen atoms in total. The van der Waals surface area contributed by atoms with E-state index in [0.717, 1.165) is 24.8 Å². The first-order valence-electron chi connectivity index (χ1n) is 6.92. The van der Waals surface area contributed by atoms with E-state index in [1.165, 1.54) is 31.2 Å². The van der Waals surface area contributed by atoms with Crippen molar-refractivity contribution in [3.05, 3.63) is 24.0 Å². The molecule has 2 fully saturated rings. The molecular weight excluding hydrogens is 224 g/mol. The van der Waals surface area contributed by atoms with Gasteiger partial charge in [-0.05, 0) is 43.2 Å². The van der Waals surface area contributed by atoms with Crippen LogP contribution in [0.15, 0.2) is 18.5 Å². The zero-order chi connectivity index (χ0) is 12.5. The topological polar surface area (TPSA) is 68.2 Å². The summed E-state index contributed by atoms with van der Waals surface area (Å²) in [4.78, 5) is 6.74. The molecule has 1 saturated carbocycles. The third-order valence-electron chi connectivity index (χ3n) is 4.40. The third-order valence-corrected chi connectivity index (χ3v) is 4.40. The molecule has 4 N–H and O–H groups in total. The van der Waals surface area contributed by atoms with Gasteiger partial charge >= 0.3 is 0 Å². The first-order valence-corrected chi connectivity index (χ1v) is 6.92. The second-order valence-electron chi connectivity index (χ2n) is 5.77. The normalized spacial score (nSPS) is 30.1. The van der Waals surface area contributed by atoms with Crippen molar-refractivity contribution in [1.82, 2.24) is 9.88 Å². The van der Waals surface area contributed by atoms with Crippen LogP contribution in [0.5, 0.6) is 0 Å². The van der Waals surface area contributed by atoms with E-state index >= 15 is 0 Å². The number of hydrogen-bond acceptors (Lipinski definition) is 4. The molecule has 0 bridgehead atoms. The van der Waals surface area contributed by atoms with Crippen molar-refractivity contribution in [1.29, 1.82) is 0 Å². The summed E-state index contributed by atoms with van der Waals surface area (Å²) >= 11 is 0. The number of nitrogens with two attached hydrogens (primary N) is 2. The average Bonchev–Trinajstić information content (AvgIpc) is 2.35. The molecule has 0 unspecified atom stereocenters. The highest BCUT2D eigenvalue weighted by atomic mass is 15.2. The number of aromatic nitrogens is 1. The van der Waals surface area contributed by atoms with Gasteiger partial charge in [0.2, 0.25) is 0 Å². The Bertz CT molecular complexity index is 406. The van der Waals surface area contributed by atoms with Crippen LogP contribution in [-0.4, -0.2) is 35.1 Å². The van der Waals surface area contributed by atoms with Gasteiger partial charge in [-0.15, -0.1) is 0 Å². The molecular formula is C14H22N4. The molecule has 0 radical (unpaired) electrons. The fourth-order valence-corrected chi connectivity index (χ4v) is 3.32. The highest BCUT2D eigenvalue weighted by molar-refractivity contribution is 5.38. The number of nitrogen functional groups attached to an aromatic ring is 1. The van der Waals surface area contributed by atoms with Crippen LogP contribution < -0.4 is 11.5 Å². The van der Waals surface area contributed by atoms with Gasteiger partial charge < -0.3 is 11.5 Å². The molecule has 3 rings (SSSR count). The number of likely N-dealkylation sites (tertiary alicyclic amines) is 1. The molecule has 1 aliphatic heterocycles. The van der Waals surface area contributed by atoms with E-state index < -0.39 is 0 Å². The minimum absolute atomic E-state index is 0.417. The van der Waals surface area contributed by atoms with Gasteiger partial charge in [-0.1, -0.05) is 0 Å². The molecule has 2 aliphatic rings. The zero-order valence-electron chi connectivity index (χ0n) is 10.8. The number of nitrogens with zero attached hydrogens (tertiary/aromatic N) is 2. The second-order valence-corrected chi connectivity index (χ2v) is 5.77. The SMILES string of the molecule is Nc1cncc(C2CCC(N3CC(N)C3)CC2)c1. The van der Waals surface area contributed by atoms with E-state index in [1.54, 1.807) is 6.20 Å². The van der Waals surface area contributed by atoms with E-state index in [0.29, 0.717) is 12.0 Å². The quantitative estimate of drug-likeness (QED) is 0.826. The molecule has 2 heterocycles. The van der Waals surface area contributed by atoms with E-state index in [2.05, 4.69) is 16.0 Å². The van der Waals surface area contributed by atoms with Crippen molar-refractivity contribution in [2.45, 2.75) is 43.7 Å². The highest BCUT2D eigenvalue weighted by Gasteiger charge is 2.32. The molecule has 4 heteroatoms. The third kappa shape index (κ3) is 2.35. The lowest BCUT2D eigenvalue weighted by molar-refractivity contribution is 0.0679. The van der Waals surface area contributed by atoms with Crippen molar-refractivity contribution < 1.29 is 0 Å². The van der Waals surface area contributed by atoms with Crippen LogP contribution in [0, 0.1) is 0 Å². The van der Waals surface area contributed by atoms with Gasteiger partial charge in [-0.2, -0.15) is 0 Å². The van der Waals surface area contributed by atoms with E-state index in [4.69, 9.17) is 11.5 Å². The molecule has 1 aliphatic carbocycles. The Morgan fingerprint density at radius 3 is 2.44 bits per heavy atom. The maximum absolute atomic E-state index is 5.85. The lowest BCUT2D eigenvalue weighted by Gasteiger charge is -2.45. The number of anilines is 1. The maximum atomic E-state index is 5.85. The van der Waals surface area contributed by atoms with Crippen LogP contribution in [0.1, 0.15) is 37.2 Å². The Hall–Kier alpha value is -1.13. The summed E-state index contributed by atoms with van der Waals surface area (Å²) in [5, 5.41) is 0. The van der Waals surface area contributed by atoms with Gasteiger partial charge in [0.15, 0.2) is 0 Å². The van der Waals surface area contributed by atoms with Crippen molar-refractivity contribution in [2.75, 3.05) is 18.8 Å². The first-order chi connectivity index (χ1) is 8.72. The number of pyridine rings is 1. The van der Waals surface area contributed by atoms with Crippen LogP contribution in [0.4, 0.5) is 5.69 Å². The average molecular weight is 246 g/mol. The summed E-state index contributed by atoms with van der Waals surface area (Å²) in [5.41, 5.74) is 13.7. The predicted molar refractivity (Wildman–Crippen MR) is 73.2 cm³/mol. The standard InChI is InChI=1S/C14H22N4/c15-12-5-11(6-17-7-12)10-1-3-14(4-2-10)18-8-13(16)9-18/h5-7,10,13-14H,1-4,8-9,15-16H2. The smallest absolute Gasteiger partial charge is 0.0503 e. The molecule has 0 atom stereocenters. The Morgan fingerprint density at radius 1 is 1.11 bits per heavy atom. The van der Waals surface area contributed by atoms with Crippen LogP contribution in [0.2, 0.25) is 0 Å². The summed E-state index contributed by atoms with van der Waals surface area (Å²) in [6.07, 6.45) is 8.76. The minimum atomic E-state index is 0.417. The Morgan fingerprint density at radius 2 is 1.83 bits per heavy atom. The summed E-state index contributed by atoms with van der Waals surface area (Å²) in [6, 6.07) is 3.26. The fourth-order valence-electron chi connectivity index (χ4n) is 3.32. The summed E-state index contributed by atoms with van der Waals surface area (Å²) in [5.74, 6) is 0.646. The zero-order valence-corrected chi connectivity index (χ0v) is 10.8. The van der Waals surface area contributed by atoms with Crippen LogP contribution >= 0.6 is 0 Å². The number of hydrogen-bond donors (Lipinski definition) is 2. The molecule has 0 amide bonds. The summed E-state index contributed by atoms with van der Waals surface area (Å²) < 4.78 is 0. The highest BCUT2D eigenvalue weighted by Crippen LogP contribution is 2.35. The van der Waals surface area contributed by atoms with Gasteiger partial charge in [-0.3, -0.25) is 9.88 Å². The fraction of sp³-hybridized carbons (Fsp3) is 0.643. The molecule has 1 aromatic rings.